The van der Waals surface area contributed by atoms with Gasteiger partial charge in [-0.15, -0.1) is 0 Å². The summed E-state index contributed by atoms with van der Waals surface area (Å²) in [6, 6.07) is 0. The van der Waals surface area contributed by atoms with Crippen LogP contribution >= 0.6 is 0 Å². The van der Waals surface area contributed by atoms with E-state index in [0.29, 0.717) is 96.3 Å². The predicted octanol–water partition coefficient (Wildman–Crippen LogP) is 9.16. The summed E-state index contributed by atoms with van der Waals surface area (Å²) in [5, 5.41) is 33.7. The van der Waals surface area contributed by atoms with Gasteiger partial charge in [-0.2, -0.15) is 0 Å². The molecule has 1 amide bonds. The number of aliphatic hydroxyl groups is 3. The fourth-order valence-corrected chi connectivity index (χ4v) is 8.03. The highest BCUT2D eigenvalue weighted by molar-refractivity contribution is 5.92. The summed E-state index contributed by atoms with van der Waals surface area (Å²) in [4.78, 5) is 138. The van der Waals surface area contributed by atoms with Gasteiger partial charge in [0.25, 0.3) is 0 Å². The van der Waals surface area contributed by atoms with Crippen LogP contribution in [0.25, 0.3) is 0 Å². The maximum Gasteiger partial charge on any atom is 0.320 e. The van der Waals surface area contributed by atoms with E-state index >= 15 is 0 Å². The fourth-order valence-electron chi connectivity index (χ4n) is 8.03. The van der Waals surface area contributed by atoms with E-state index in [4.69, 9.17) is 42.6 Å². The third kappa shape index (κ3) is 57.9. The third-order valence-corrected chi connectivity index (χ3v) is 13.4. The first-order valence-corrected chi connectivity index (χ1v) is 33.6. The number of amides is 1. The maximum absolute atomic E-state index is 12.1. The average Bonchev–Trinajstić information content (AvgIpc) is 2.48. The van der Waals surface area contributed by atoms with Crippen LogP contribution in [0.1, 0.15) is 274 Å². The molecule has 0 aliphatic carbocycles. The first-order chi connectivity index (χ1) is 44.5. The average molecular weight is 1340 g/mol. The van der Waals surface area contributed by atoms with Crippen LogP contribution in [-0.4, -0.2) is 164 Å². The molecule has 0 aliphatic heterocycles. The van der Waals surface area contributed by atoms with E-state index in [0.717, 1.165) is 57.8 Å². The quantitative estimate of drug-likeness (QED) is 0.0145. The molecule has 0 spiro atoms. The number of unbranched alkanes of at least 4 members (excludes halogenated alkanes) is 9. The fraction of sp³-hybridized carbons (Fsp3) is 0.818. The molecule has 540 valence electrons. The lowest BCUT2D eigenvalue weighted by molar-refractivity contribution is -0.172. The van der Waals surface area contributed by atoms with E-state index < -0.39 is 117 Å². The van der Waals surface area contributed by atoms with Crippen LogP contribution in [0.5, 0.6) is 0 Å². The Balaban J connectivity index is -0.00000132. The maximum atomic E-state index is 12.1. The molecule has 6 unspecified atom stereocenters. The summed E-state index contributed by atoms with van der Waals surface area (Å²) in [7, 11) is 0. The van der Waals surface area contributed by atoms with Crippen molar-refractivity contribution in [2.24, 2.45) is 0 Å². The van der Waals surface area contributed by atoms with E-state index in [1.54, 1.807) is 20.8 Å². The van der Waals surface area contributed by atoms with Gasteiger partial charge in [0.2, 0.25) is 19.5 Å². The summed E-state index contributed by atoms with van der Waals surface area (Å²) in [6.45, 7) is 16.3. The van der Waals surface area contributed by atoms with Crippen molar-refractivity contribution in [2.75, 3.05) is 40.1 Å². The molecule has 93 heavy (non-hydrogen) atoms. The lowest BCUT2D eigenvalue weighted by atomic mass is 10.0. The first kappa shape index (κ1) is 90.7. The lowest BCUT2D eigenvalue weighted by Gasteiger charge is -2.23. The monoisotopic (exact) mass is 1340 g/mol. The topological polar surface area (TPSA) is 379 Å². The van der Waals surface area contributed by atoms with Crippen LogP contribution in [0.4, 0.5) is 0 Å². The van der Waals surface area contributed by atoms with Crippen LogP contribution in [0, 0.1) is 0 Å². The second-order valence-corrected chi connectivity index (χ2v) is 21.8. The number of esters is 11. The molecule has 0 bridgehead atoms. The molecular formula is C66H115NO26. The molecule has 0 saturated heterocycles. The molecule has 0 aromatic heterocycles. The predicted molar refractivity (Wildman–Crippen MR) is 337 cm³/mol. The molecule has 0 aromatic rings. The van der Waals surface area contributed by atoms with Crippen molar-refractivity contribution in [1.29, 1.82) is 0 Å². The second-order valence-electron chi connectivity index (χ2n) is 21.8. The number of ether oxygens (including phenoxy) is 11. The molecular weight excluding hydrogens is 1220 g/mol. The standard InChI is InChI=1S/C25H42O11.C22H38O9.C19H35NO6/c1-4-7-8-12-20(36-25(31)17-23(29)33-15-6-3)19(26)11-9-10-13-21(27)34-18-35-24(30)16-22(28)32-14-5-2;1-4-7-8-12-18(31-19(24)6-3)17(23)11-9-10-13-20(25)29-16-30-22(27)15-21(26)28-14-5-2;1-4-7-8-12-16(26-18(23)6-3)15(21)11-9-10-13-19(24)25-14-20-17(22)5-2/h19-20,26H,4-18H2,1-3H3;17-18,23H,4-16H2,1-3H3;15-16,21H,4-14H2,1-3H3,(H,20,22). The Labute approximate surface area is 551 Å². The molecule has 0 aliphatic rings. The van der Waals surface area contributed by atoms with Gasteiger partial charge in [-0.25, -0.2) is 0 Å². The molecule has 0 fully saturated rings. The van der Waals surface area contributed by atoms with Crippen molar-refractivity contribution in [2.45, 2.75) is 311 Å². The molecule has 27 heteroatoms. The van der Waals surface area contributed by atoms with E-state index in [1.165, 1.54) is 0 Å². The highest BCUT2D eigenvalue weighted by atomic mass is 16.7. The molecule has 27 nitrogen and oxygen atoms in total. The normalized spacial score (nSPS) is 12.5. The number of hydrogen-bond donors (Lipinski definition) is 4. The van der Waals surface area contributed by atoms with Gasteiger partial charge < -0.3 is 72.7 Å². The second kappa shape index (κ2) is 62.9. The summed E-state index contributed by atoms with van der Waals surface area (Å²) < 4.78 is 54.3. The number of carbonyl (C=O) groups is 12. The molecule has 0 heterocycles. The van der Waals surface area contributed by atoms with Crippen LogP contribution in [0.15, 0.2) is 0 Å². The van der Waals surface area contributed by atoms with Gasteiger partial charge in [-0.1, -0.05) is 120 Å². The summed E-state index contributed by atoms with van der Waals surface area (Å²) >= 11 is 0. The smallest absolute Gasteiger partial charge is 0.320 e. The van der Waals surface area contributed by atoms with E-state index in [1.807, 2.05) is 27.7 Å². The molecule has 4 N–H and O–H groups in total. The van der Waals surface area contributed by atoms with Gasteiger partial charge in [-0.05, 0) is 96.3 Å². The zero-order chi connectivity index (χ0) is 70.5. The largest absolute Gasteiger partial charge is 0.465 e. The van der Waals surface area contributed by atoms with Gasteiger partial charge in [0, 0.05) is 38.5 Å². The molecule has 6 atom stereocenters. The van der Waals surface area contributed by atoms with E-state index in [9.17, 15) is 72.9 Å². The lowest BCUT2D eigenvalue weighted by Crippen LogP contribution is -2.32. The van der Waals surface area contributed by atoms with Crippen LogP contribution in [-0.2, 0) is 110 Å². The Morgan fingerprint density at radius 2 is 0.570 bits per heavy atom. The Morgan fingerprint density at radius 3 is 0.871 bits per heavy atom. The van der Waals surface area contributed by atoms with Crippen LogP contribution < -0.4 is 5.32 Å². The highest BCUT2D eigenvalue weighted by Gasteiger charge is 2.27. The van der Waals surface area contributed by atoms with Crippen molar-refractivity contribution < 1.29 is 125 Å². The van der Waals surface area contributed by atoms with Gasteiger partial charge in [-0.3, -0.25) is 57.5 Å². The number of nitrogens with one attached hydrogen (secondary N) is 1. The molecule has 0 rings (SSSR count). The molecule has 0 aromatic carbocycles. The first-order valence-electron chi connectivity index (χ1n) is 33.6. The minimum atomic E-state index is -0.943. The van der Waals surface area contributed by atoms with Gasteiger partial charge in [0.05, 0.1) is 38.1 Å². The van der Waals surface area contributed by atoms with Crippen LogP contribution in [0.3, 0.4) is 0 Å². The summed E-state index contributed by atoms with van der Waals surface area (Å²) in [6.07, 6.45) is 11.9. The number of rotatable bonds is 54. The SMILES string of the molecule is CCCCCC(OC(=O)CC(=O)OCCC)C(O)CCCCC(=O)OCOC(=O)CC(=O)OCCC.CCCCCC(OC(=O)CC)C(O)CCCCC(=O)OCNC(=O)CC.CCCCCC(OC(=O)CC)C(O)CCCCC(=O)OCOC(=O)CC(=O)OCCC. The zero-order valence-corrected chi connectivity index (χ0v) is 57.3. The zero-order valence-electron chi connectivity index (χ0n) is 57.3. The number of hydrogen-bond acceptors (Lipinski definition) is 26. The van der Waals surface area contributed by atoms with E-state index in [2.05, 4.69) is 28.6 Å². The Bertz CT molecular complexity index is 2050. The van der Waals surface area contributed by atoms with E-state index in [-0.39, 0.29) is 88.9 Å². The Kier molecular flexibility index (Phi) is 61.4. The number of carbonyl (C=O) groups excluding carboxylic acids is 12. The van der Waals surface area contributed by atoms with Crippen molar-refractivity contribution in [3.63, 3.8) is 0 Å². The van der Waals surface area contributed by atoms with Crippen molar-refractivity contribution >= 4 is 71.6 Å². The Hall–Kier alpha value is -6.48. The molecule has 0 saturated carbocycles. The highest BCUT2D eigenvalue weighted by Crippen LogP contribution is 2.20. The van der Waals surface area contributed by atoms with Crippen molar-refractivity contribution in [3.05, 3.63) is 0 Å². The summed E-state index contributed by atoms with van der Waals surface area (Å²) in [5.41, 5.74) is 0. The summed E-state index contributed by atoms with van der Waals surface area (Å²) in [5.74, 6) is -6.81. The number of aliphatic hydroxyl groups excluding tert-OH is 3. The van der Waals surface area contributed by atoms with Crippen molar-refractivity contribution in [1.82, 2.24) is 5.32 Å². The minimum Gasteiger partial charge on any atom is -0.465 e. The Morgan fingerprint density at radius 1 is 0.290 bits per heavy atom. The van der Waals surface area contributed by atoms with Gasteiger partial charge in [0.15, 0.2) is 6.73 Å². The van der Waals surface area contributed by atoms with Crippen molar-refractivity contribution in [3.8, 4) is 0 Å². The van der Waals surface area contributed by atoms with Gasteiger partial charge in [0.1, 0.15) is 37.6 Å². The van der Waals surface area contributed by atoms with Crippen LogP contribution in [0.2, 0.25) is 0 Å². The molecule has 0 radical (unpaired) electrons. The van der Waals surface area contributed by atoms with Gasteiger partial charge >= 0.3 is 65.7 Å². The third-order valence-electron chi connectivity index (χ3n) is 13.4. The minimum absolute atomic E-state index is 0.0341.